The molecule has 0 atom stereocenters. The van der Waals surface area contributed by atoms with Gasteiger partial charge in [-0.2, -0.15) is 0 Å². The van der Waals surface area contributed by atoms with Crippen molar-refractivity contribution >= 4 is 11.9 Å². The number of benzene rings is 1. The molecular formula is C23H31N3O3. The molecule has 156 valence electrons. The van der Waals surface area contributed by atoms with E-state index in [1.54, 1.807) is 0 Å². The largest absolute Gasteiger partial charge is 0.478 e. The lowest BCUT2D eigenvalue weighted by molar-refractivity contribution is -0.127. The summed E-state index contributed by atoms with van der Waals surface area (Å²) in [6.07, 6.45) is 2.50. The topological polar surface area (TPSA) is 74.6 Å². The lowest BCUT2D eigenvalue weighted by Crippen LogP contribution is -2.28. The molecule has 1 amide bonds. The summed E-state index contributed by atoms with van der Waals surface area (Å²) < 4.78 is 2.10. The monoisotopic (exact) mass is 397 g/mol. The molecule has 1 aromatic heterocycles. The van der Waals surface area contributed by atoms with E-state index in [0.717, 1.165) is 49.4 Å². The first-order chi connectivity index (χ1) is 13.9. The summed E-state index contributed by atoms with van der Waals surface area (Å²) >= 11 is 0. The molecule has 0 bridgehead atoms. The summed E-state index contributed by atoms with van der Waals surface area (Å²) in [5.41, 5.74) is 5.43. The summed E-state index contributed by atoms with van der Waals surface area (Å²) in [6, 6.07) is 8.20. The Labute approximate surface area is 172 Å². The molecule has 3 rings (SSSR count). The normalized spacial score (nSPS) is 14.0. The third-order valence-electron chi connectivity index (χ3n) is 5.97. The zero-order valence-electron chi connectivity index (χ0n) is 17.6. The van der Waals surface area contributed by atoms with E-state index in [4.69, 9.17) is 0 Å². The number of carbonyl (C=O) groups is 2. The maximum absolute atomic E-state index is 11.9. The maximum atomic E-state index is 11.9. The van der Waals surface area contributed by atoms with E-state index < -0.39 is 5.97 Å². The Balaban J connectivity index is 1.68. The summed E-state index contributed by atoms with van der Waals surface area (Å²) in [5.74, 6) is -0.633. The SMILES string of the molecule is Cc1ccccc1Cn1c(C)c(CNCCCN2CCCC2=O)c(C(=O)O)c1C. The Morgan fingerprint density at radius 3 is 2.59 bits per heavy atom. The van der Waals surface area contributed by atoms with Crippen LogP contribution in [0.4, 0.5) is 0 Å². The van der Waals surface area contributed by atoms with Crippen molar-refractivity contribution in [3.8, 4) is 0 Å². The number of aryl methyl sites for hydroxylation is 1. The molecule has 1 aromatic carbocycles. The van der Waals surface area contributed by atoms with Crippen LogP contribution < -0.4 is 5.32 Å². The van der Waals surface area contributed by atoms with Crippen molar-refractivity contribution in [3.63, 3.8) is 0 Å². The fraction of sp³-hybridized carbons (Fsp3) is 0.478. The summed E-state index contributed by atoms with van der Waals surface area (Å²) in [6.45, 7) is 9.53. The molecule has 1 aliphatic rings. The predicted molar refractivity (Wildman–Crippen MR) is 113 cm³/mol. The molecule has 2 heterocycles. The number of aromatic nitrogens is 1. The van der Waals surface area contributed by atoms with Gasteiger partial charge in [0.15, 0.2) is 0 Å². The number of carboxylic acid groups (broad SMARTS) is 1. The number of nitrogens with one attached hydrogen (secondary N) is 1. The van der Waals surface area contributed by atoms with Crippen molar-refractivity contribution in [1.29, 1.82) is 0 Å². The van der Waals surface area contributed by atoms with E-state index in [9.17, 15) is 14.7 Å². The molecule has 1 aliphatic heterocycles. The van der Waals surface area contributed by atoms with E-state index in [1.165, 1.54) is 11.1 Å². The second-order valence-electron chi connectivity index (χ2n) is 7.86. The molecule has 0 spiro atoms. The molecule has 2 N–H and O–H groups in total. The van der Waals surface area contributed by atoms with E-state index >= 15 is 0 Å². The first-order valence-corrected chi connectivity index (χ1v) is 10.3. The molecule has 29 heavy (non-hydrogen) atoms. The summed E-state index contributed by atoms with van der Waals surface area (Å²) in [5, 5.41) is 13.2. The van der Waals surface area contributed by atoms with Crippen LogP contribution in [0.1, 0.15) is 57.7 Å². The number of hydrogen-bond donors (Lipinski definition) is 2. The van der Waals surface area contributed by atoms with Gasteiger partial charge in [-0.3, -0.25) is 4.79 Å². The first kappa shape index (κ1) is 21.1. The van der Waals surface area contributed by atoms with Crippen LogP contribution in [0.15, 0.2) is 24.3 Å². The number of amides is 1. The van der Waals surface area contributed by atoms with Crippen LogP contribution in [0, 0.1) is 20.8 Å². The number of aromatic carboxylic acids is 1. The maximum Gasteiger partial charge on any atom is 0.337 e. The molecule has 0 radical (unpaired) electrons. The van der Waals surface area contributed by atoms with Crippen molar-refractivity contribution in [3.05, 3.63) is 57.9 Å². The number of carboxylic acids is 1. The van der Waals surface area contributed by atoms with Gasteiger partial charge in [0.2, 0.25) is 5.91 Å². The minimum atomic E-state index is -0.881. The highest BCUT2D eigenvalue weighted by atomic mass is 16.4. The number of likely N-dealkylation sites (tertiary alicyclic amines) is 1. The van der Waals surface area contributed by atoms with Crippen LogP contribution in [-0.2, 0) is 17.9 Å². The molecule has 1 saturated heterocycles. The van der Waals surface area contributed by atoms with E-state index in [-0.39, 0.29) is 5.91 Å². The van der Waals surface area contributed by atoms with Gasteiger partial charge < -0.3 is 19.9 Å². The van der Waals surface area contributed by atoms with E-state index in [1.807, 2.05) is 30.9 Å². The van der Waals surface area contributed by atoms with Gasteiger partial charge in [-0.05, 0) is 51.3 Å². The Bertz CT molecular complexity index is 901. The smallest absolute Gasteiger partial charge is 0.337 e. The fourth-order valence-corrected chi connectivity index (χ4v) is 4.19. The molecule has 0 saturated carbocycles. The van der Waals surface area contributed by atoms with E-state index in [0.29, 0.717) is 25.1 Å². The molecule has 1 fully saturated rings. The Morgan fingerprint density at radius 2 is 1.93 bits per heavy atom. The zero-order valence-corrected chi connectivity index (χ0v) is 17.6. The van der Waals surface area contributed by atoms with Crippen molar-refractivity contribution in [1.82, 2.24) is 14.8 Å². The third kappa shape index (κ3) is 4.70. The number of hydrogen-bond acceptors (Lipinski definition) is 3. The van der Waals surface area contributed by atoms with Gasteiger partial charge in [0.25, 0.3) is 0 Å². The second kappa shape index (κ2) is 9.27. The van der Waals surface area contributed by atoms with Crippen LogP contribution in [0.5, 0.6) is 0 Å². The van der Waals surface area contributed by atoms with Crippen LogP contribution in [0.2, 0.25) is 0 Å². The van der Waals surface area contributed by atoms with Crippen molar-refractivity contribution in [2.24, 2.45) is 0 Å². The second-order valence-corrected chi connectivity index (χ2v) is 7.86. The van der Waals surface area contributed by atoms with Gasteiger partial charge in [-0.15, -0.1) is 0 Å². The lowest BCUT2D eigenvalue weighted by atomic mass is 10.1. The van der Waals surface area contributed by atoms with Crippen LogP contribution in [-0.4, -0.2) is 46.1 Å². The highest BCUT2D eigenvalue weighted by Crippen LogP contribution is 2.24. The molecule has 6 heteroatoms. The Hall–Kier alpha value is -2.60. The van der Waals surface area contributed by atoms with Crippen LogP contribution in [0.25, 0.3) is 0 Å². The quantitative estimate of drug-likeness (QED) is 0.637. The van der Waals surface area contributed by atoms with Crippen molar-refractivity contribution in [2.75, 3.05) is 19.6 Å². The standard InChI is InChI=1S/C23H31N3O3/c1-16-8-4-5-9-19(16)15-26-17(2)20(22(18(26)3)23(28)29)14-24-11-7-13-25-12-6-10-21(25)27/h4-5,8-9,24H,6-7,10-15H2,1-3H3,(H,28,29). The van der Waals surface area contributed by atoms with Gasteiger partial charge in [0.05, 0.1) is 5.56 Å². The van der Waals surface area contributed by atoms with Crippen LogP contribution in [0.3, 0.4) is 0 Å². The third-order valence-corrected chi connectivity index (χ3v) is 5.97. The summed E-state index contributed by atoms with van der Waals surface area (Å²) in [7, 11) is 0. The number of carbonyl (C=O) groups excluding carboxylic acids is 1. The van der Waals surface area contributed by atoms with Gasteiger partial charge in [0.1, 0.15) is 0 Å². The Morgan fingerprint density at radius 1 is 1.17 bits per heavy atom. The highest BCUT2D eigenvalue weighted by Gasteiger charge is 2.23. The fourth-order valence-electron chi connectivity index (χ4n) is 4.19. The molecule has 0 aliphatic carbocycles. The van der Waals surface area contributed by atoms with Gasteiger partial charge >= 0.3 is 5.97 Å². The molecule has 2 aromatic rings. The van der Waals surface area contributed by atoms with Gasteiger partial charge in [-0.25, -0.2) is 4.79 Å². The first-order valence-electron chi connectivity index (χ1n) is 10.3. The predicted octanol–water partition coefficient (Wildman–Crippen LogP) is 3.26. The van der Waals surface area contributed by atoms with Crippen LogP contribution >= 0.6 is 0 Å². The molecule has 6 nitrogen and oxygen atoms in total. The summed E-state index contributed by atoms with van der Waals surface area (Å²) in [4.78, 5) is 25.5. The van der Waals surface area contributed by atoms with Crippen molar-refractivity contribution < 1.29 is 14.7 Å². The molecular weight excluding hydrogens is 366 g/mol. The van der Waals surface area contributed by atoms with Gasteiger partial charge in [-0.1, -0.05) is 24.3 Å². The number of rotatable bonds is 9. The Kier molecular flexibility index (Phi) is 6.75. The molecule has 0 unspecified atom stereocenters. The minimum Gasteiger partial charge on any atom is -0.478 e. The lowest BCUT2D eigenvalue weighted by Gasteiger charge is -2.15. The highest BCUT2D eigenvalue weighted by molar-refractivity contribution is 5.91. The van der Waals surface area contributed by atoms with Crippen molar-refractivity contribution in [2.45, 2.75) is 53.1 Å². The number of nitrogens with zero attached hydrogens (tertiary/aromatic N) is 2. The van der Waals surface area contributed by atoms with E-state index in [2.05, 4.69) is 28.9 Å². The average Bonchev–Trinajstić information content (AvgIpc) is 3.19. The minimum absolute atomic E-state index is 0.248. The zero-order chi connectivity index (χ0) is 21.0. The van der Waals surface area contributed by atoms with Gasteiger partial charge in [0, 0.05) is 49.6 Å². The average molecular weight is 398 g/mol.